The summed E-state index contributed by atoms with van der Waals surface area (Å²) in [6.45, 7) is 0. The number of hydrogen-bond donors (Lipinski definition) is 0. The van der Waals surface area contributed by atoms with Gasteiger partial charge in [-0.25, -0.2) is 0 Å². The molecule has 1 aromatic heterocycles. The van der Waals surface area contributed by atoms with Gasteiger partial charge in [-0.2, -0.15) is 5.26 Å². The van der Waals surface area contributed by atoms with Crippen LogP contribution in [0.5, 0.6) is 5.75 Å². The fraction of sp³-hybridized carbons (Fsp3) is 0.0667. The van der Waals surface area contributed by atoms with Crippen LogP contribution in [0.3, 0.4) is 0 Å². The highest BCUT2D eigenvalue weighted by Gasteiger charge is 2.29. The van der Waals surface area contributed by atoms with E-state index in [4.69, 9.17) is 10.00 Å². The van der Waals surface area contributed by atoms with E-state index in [9.17, 15) is 0 Å². The molecule has 0 radical (unpaired) electrons. The normalized spacial score (nSPS) is 14.1. The molecule has 1 aliphatic carbocycles. The first-order valence-corrected chi connectivity index (χ1v) is 11.3. The number of fused-ring (bicyclic) bond motifs is 1. The molecule has 1 aliphatic heterocycles. The maximum absolute atomic E-state index is 9.09. The Bertz CT molecular complexity index is 1490. The van der Waals surface area contributed by atoms with Gasteiger partial charge in [-0.1, -0.05) is 54.6 Å². The van der Waals surface area contributed by atoms with Gasteiger partial charge >= 0.3 is 0 Å². The minimum atomic E-state index is 0.557. The van der Waals surface area contributed by atoms with Gasteiger partial charge in [0.2, 0.25) is 0 Å². The van der Waals surface area contributed by atoms with Crippen LogP contribution in [0, 0.1) is 11.3 Å². The molecule has 6 rings (SSSR count). The number of benzene rings is 3. The Morgan fingerprint density at radius 1 is 0.853 bits per heavy atom. The Morgan fingerprint density at radius 3 is 2.53 bits per heavy atom. The molecule has 2 aliphatic rings. The zero-order chi connectivity index (χ0) is 22.9. The number of para-hydroxylation sites is 3. The minimum absolute atomic E-state index is 0.557. The number of nitrogens with zero attached hydrogens (tertiary/aromatic N) is 3. The molecule has 3 aromatic carbocycles. The smallest absolute Gasteiger partial charge is 0.151 e. The van der Waals surface area contributed by atoms with Crippen LogP contribution >= 0.6 is 0 Å². The van der Waals surface area contributed by atoms with Crippen molar-refractivity contribution in [2.45, 2.75) is 12.8 Å². The molecule has 4 heteroatoms. The predicted octanol–water partition coefficient (Wildman–Crippen LogP) is 7.38. The van der Waals surface area contributed by atoms with Gasteiger partial charge < -0.3 is 9.64 Å². The largest absolute Gasteiger partial charge is 0.453 e. The van der Waals surface area contributed by atoms with Crippen molar-refractivity contribution in [1.29, 1.82) is 5.26 Å². The number of aromatic nitrogens is 1. The summed E-state index contributed by atoms with van der Waals surface area (Å²) in [5.74, 6) is 1.77. The van der Waals surface area contributed by atoms with Crippen molar-refractivity contribution in [2.24, 2.45) is 0 Å². The van der Waals surface area contributed by atoms with E-state index in [0.717, 1.165) is 58.1 Å². The SMILES string of the molecule is N#Cc1ccc(-c2cccc(-c3ccccc3N3C4=C(C=CCC4)Oc4ccccc43)c2)nc1. The molecule has 0 unspecified atom stereocenters. The molecule has 0 bridgehead atoms. The van der Waals surface area contributed by atoms with Gasteiger partial charge in [-0.05, 0) is 60.9 Å². The second kappa shape index (κ2) is 8.38. The van der Waals surface area contributed by atoms with Crippen molar-refractivity contribution < 1.29 is 4.74 Å². The van der Waals surface area contributed by atoms with Crippen molar-refractivity contribution in [2.75, 3.05) is 4.90 Å². The molecule has 0 fully saturated rings. The fourth-order valence-corrected chi connectivity index (χ4v) is 4.60. The summed E-state index contributed by atoms with van der Waals surface area (Å²) < 4.78 is 6.25. The fourth-order valence-electron chi connectivity index (χ4n) is 4.60. The molecular formula is C30H21N3O. The highest BCUT2D eigenvalue weighted by Crippen LogP contribution is 2.47. The number of nitriles is 1. The van der Waals surface area contributed by atoms with E-state index in [1.165, 1.54) is 5.70 Å². The van der Waals surface area contributed by atoms with E-state index >= 15 is 0 Å². The summed E-state index contributed by atoms with van der Waals surface area (Å²) in [6, 6.07) is 30.9. The average Bonchev–Trinajstić information content (AvgIpc) is 2.92. The van der Waals surface area contributed by atoms with Crippen LogP contribution in [0.1, 0.15) is 18.4 Å². The van der Waals surface area contributed by atoms with Gasteiger partial charge in [-0.15, -0.1) is 0 Å². The van der Waals surface area contributed by atoms with Crippen molar-refractivity contribution in [3.63, 3.8) is 0 Å². The third-order valence-corrected chi connectivity index (χ3v) is 6.20. The standard InChI is InChI=1S/C30H21N3O/c31-19-21-16-17-25(32-20-21)23-9-7-8-22(18-23)24-10-1-2-11-26(24)33-27-12-3-5-14-29(27)34-30-15-6-4-13-28(30)33/h1-3,5-12,14-18,20H,4,13H2. The van der Waals surface area contributed by atoms with Crippen LogP contribution in [0.25, 0.3) is 22.4 Å². The van der Waals surface area contributed by atoms with Crippen LogP contribution in [0.2, 0.25) is 0 Å². The quantitative estimate of drug-likeness (QED) is 0.334. The highest BCUT2D eigenvalue weighted by molar-refractivity contribution is 5.88. The maximum Gasteiger partial charge on any atom is 0.151 e. The monoisotopic (exact) mass is 439 g/mol. The van der Waals surface area contributed by atoms with Crippen molar-refractivity contribution in [3.8, 4) is 34.2 Å². The summed E-state index contributed by atoms with van der Waals surface area (Å²) in [6.07, 6.45) is 7.78. The van der Waals surface area contributed by atoms with Crippen molar-refractivity contribution >= 4 is 11.4 Å². The lowest BCUT2D eigenvalue weighted by molar-refractivity contribution is 0.421. The van der Waals surface area contributed by atoms with Crippen LogP contribution in [0.15, 0.2) is 115 Å². The van der Waals surface area contributed by atoms with Gasteiger partial charge in [0.05, 0.1) is 28.3 Å². The average molecular weight is 440 g/mol. The number of rotatable bonds is 3. The summed E-state index contributed by atoms with van der Waals surface area (Å²) >= 11 is 0. The maximum atomic E-state index is 9.09. The van der Waals surface area contributed by atoms with Gasteiger partial charge in [0.25, 0.3) is 0 Å². The summed E-state index contributed by atoms with van der Waals surface area (Å²) in [5, 5.41) is 9.09. The summed E-state index contributed by atoms with van der Waals surface area (Å²) in [5.41, 5.74) is 8.00. The molecule has 0 saturated carbocycles. The number of anilines is 2. The van der Waals surface area contributed by atoms with E-state index in [2.05, 4.69) is 88.8 Å². The molecule has 4 aromatic rings. The van der Waals surface area contributed by atoms with Gasteiger partial charge in [0.15, 0.2) is 5.75 Å². The lowest BCUT2D eigenvalue weighted by atomic mass is 9.97. The molecule has 162 valence electrons. The molecule has 0 amide bonds. The molecule has 34 heavy (non-hydrogen) atoms. The Morgan fingerprint density at radius 2 is 1.68 bits per heavy atom. The number of ether oxygens (including phenoxy) is 1. The molecule has 0 atom stereocenters. The first-order valence-electron chi connectivity index (χ1n) is 11.3. The zero-order valence-electron chi connectivity index (χ0n) is 18.5. The van der Waals surface area contributed by atoms with E-state index < -0.39 is 0 Å². The van der Waals surface area contributed by atoms with Crippen molar-refractivity contribution in [1.82, 2.24) is 4.98 Å². The second-order valence-corrected chi connectivity index (χ2v) is 8.30. The van der Waals surface area contributed by atoms with Crippen LogP contribution in [-0.4, -0.2) is 4.98 Å². The number of pyridine rings is 1. The Hall–Kier alpha value is -4.62. The Labute approximate surface area is 198 Å². The van der Waals surface area contributed by atoms with Crippen LogP contribution in [-0.2, 0) is 0 Å². The molecule has 0 spiro atoms. The van der Waals surface area contributed by atoms with Gasteiger partial charge in [0, 0.05) is 17.3 Å². The lowest BCUT2D eigenvalue weighted by Crippen LogP contribution is -2.25. The molecule has 0 N–H and O–H groups in total. The zero-order valence-corrected chi connectivity index (χ0v) is 18.5. The Kier molecular flexibility index (Phi) is 4.94. The first-order chi connectivity index (χ1) is 16.8. The topological polar surface area (TPSA) is 49.2 Å². The molecule has 4 nitrogen and oxygen atoms in total. The minimum Gasteiger partial charge on any atom is -0.453 e. The van der Waals surface area contributed by atoms with E-state index in [0.29, 0.717) is 5.56 Å². The molecule has 0 saturated heterocycles. The second-order valence-electron chi connectivity index (χ2n) is 8.30. The van der Waals surface area contributed by atoms with E-state index in [1.807, 2.05) is 18.2 Å². The van der Waals surface area contributed by atoms with Gasteiger partial charge in [-0.3, -0.25) is 4.98 Å². The van der Waals surface area contributed by atoms with E-state index in [1.54, 1.807) is 12.3 Å². The summed E-state index contributed by atoms with van der Waals surface area (Å²) in [4.78, 5) is 6.83. The first kappa shape index (κ1) is 20.0. The third kappa shape index (κ3) is 3.44. The summed E-state index contributed by atoms with van der Waals surface area (Å²) in [7, 11) is 0. The molecular weight excluding hydrogens is 418 g/mol. The Balaban J connectivity index is 1.49. The number of allylic oxidation sites excluding steroid dienone is 3. The lowest BCUT2D eigenvalue weighted by Gasteiger charge is -2.36. The molecule has 2 heterocycles. The van der Waals surface area contributed by atoms with Crippen LogP contribution in [0.4, 0.5) is 11.4 Å². The van der Waals surface area contributed by atoms with Gasteiger partial charge in [0.1, 0.15) is 11.8 Å². The van der Waals surface area contributed by atoms with E-state index in [-0.39, 0.29) is 0 Å². The third-order valence-electron chi connectivity index (χ3n) is 6.20. The number of hydrogen-bond acceptors (Lipinski definition) is 4. The highest BCUT2D eigenvalue weighted by atomic mass is 16.5. The van der Waals surface area contributed by atoms with Crippen LogP contribution < -0.4 is 9.64 Å². The van der Waals surface area contributed by atoms with Crippen molar-refractivity contribution in [3.05, 3.63) is 120 Å². The predicted molar refractivity (Wildman–Crippen MR) is 134 cm³/mol.